The van der Waals surface area contributed by atoms with Crippen molar-refractivity contribution in [1.82, 2.24) is 9.78 Å². The van der Waals surface area contributed by atoms with E-state index in [9.17, 15) is 0 Å². The Morgan fingerprint density at radius 2 is 1.74 bits per heavy atom. The molecule has 3 nitrogen and oxygen atoms in total. The number of hydrogen-bond donors (Lipinski definition) is 1. The van der Waals surface area contributed by atoms with Crippen molar-refractivity contribution in [3.63, 3.8) is 0 Å². The minimum atomic E-state index is -0.102. The van der Waals surface area contributed by atoms with E-state index in [1.165, 1.54) is 5.56 Å². The highest BCUT2D eigenvalue weighted by molar-refractivity contribution is 5.31. The highest BCUT2D eigenvalue weighted by Crippen LogP contribution is 2.22. The predicted octanol–water partition coefficient (Wildman–Crippen LogP) is 3.46. The molecule has 2 rings (SSSR count). The molecule has 2 aromatic rings. The van der Waals surface area contributed by atoms with E-state index in [1.54, 1.807) is 0 Å². The maximum absolute atomic E-state index is 6.36. The Labute approximate surface area is 115 Å². The summed E-state index contributed by atoms with van der Waals surface area (Å²) in [5, 5.41) is 4.33. The number of aryl methyl sites for hydroxylation is 1. The zero-order valence-electron chi connectivity index (χ0n) is 12.0. The van der Waals surface area contributed by atoms with Crippen LogP contribution in [0.2, 0.25) is 0 Å². The standard InChI is InChI=1S/C16H23N3/c1-4-11-19-15(9-10-18-19)16(17)14-7-5-13(6-8-14)12(2)3/h5-10,12,16H,4,11,17H2,1-3H3. The van der Waals surface area contributed by atoms with Gasteiger partial charge in [-0.25, -0.2) is 0 Å². The Kier molecular flexibility index (Phi) is 4.38. The minimum absolute atomic E-state index is 0.102. The zero-order chi connectivity index (χ0) is 13.8. The van der Waals surface area contributed by atoms with Crippen LogP contribution in [0.25, 0.3) is 0 Å². The fourth-order valence-corrected chi connectivity index (χ4v) is 2.26. The molecule has 2 N–H and O–H groups in total. The van der Waals surface area contributed by atoms with E-state index in [-0.39, 0.29) is 6.04 Å². The van der Waals surface area contributed by atoms with E-state index in [2.05, 4.69) is 50.1 Å². The molecule has 1 unspecified atom stereocenters. The van der Waals surface area contributed by atoms with Crippen LogP contribution in [0.15, 0.2) is 36.5 Å². The van der Waals surface area contributed by atoms with Crippen LogP contribution >= 0.6 is 0 Å². The number of aromatic nitrogens is 2. The summed E-state index contributed by atoms with van der Waals surface area (Å²) in [6, 6.07) is 10.5. The van der Waals surface area contributed by atoms with Crippen LogP contribution in [-0.2, 0) is 6.54 Å². The topological polar surface area (TPSA) is 43.8 Å². The summed E-state index contributed by atoms with van der Waals surface area (Å²) in [5.41, 5.74) is 9.93. The summed E-state index contributed by atoms with van der Waals surface area (Å²) in [6.45, 7) is 7.46. The van der Waals surface area contributed by atoms with Crippen molar-refractivity contribution in [2.75, 3.05) is 0 Å². The molecule has 1 heterocycles. The Balaban J connectivity index is 2.23. The number of nitrogens with two attached hydrogens (primary N) is 1. The van der Waals surface area contributed by atoms with Crippen molar-refractivity contribution >= 4 is 0 Å². The highest BCUT2D eigenvalue weighted by atomic mass is 15.3. The Morgan fingerprint density at radius 1 is 1.11 bits per heavy atom. The van der Waals surface area contributed by atoms with Crippen LogP contribution in [0, 0.1) is 0 Å². The molecule has 1 aromatic heterocycles. The molecule has 0 bridgehead atoms. The first-order chi connectivity index (χ1) is 9.13. The zero-order valence-corrected chi connectivity index (χ0v) is 12.0. The van der Waals surface area contributed by atoms with Crippen molar-refractivity contribution in [2.24, 2.45) is 5.73 Å². The first-order valence-electron chi connectivity index (χ1n) is 7.00. The van der Waals surface area contributed by atoms with Gasteiger partial charge in [0.2, 0.25) is 0 Å². The van der Waals surface area contributed by atoms with Gasteiger partial charge in [-0.05, 0) is 29.5 Å². The lowest BCUT2D eigenvalue weighted by atomic mass is 9.98. The fraction of sp³-hybridized carbons (Fsp3) is 0.438. The molecule has 102 valence electrons. The van der Waals surface area contributed by atoms with Gasteiger partial charge >= 0.3 is 0 Å². The van der Waals surface area contributed by atoms with Gasteiger partial charge in [0.05, 0.1) is 11.7 Å². The third-order valence-electron chi connectivity index (χ3n) is 3.47. The first kappa shape index (κ1) is 13.8. The Hall–Kier alpha value is -1.61. The second-order valence-electron chi connectivity index (χ2n) is 5.28. The smallest absolute Gasteiger partial charge is 0.0723 e. The molecule has 1 atom stereocenters. The van der Waals surface area contributed by atoms with Gasteiger partial charge < -0.3 is 5.73 Å². The van der Waals surface area contributed by atoms with Gasteiger partial charge in [-0.2, -0.15) is 5.10 Å². The second-order valence-corrected chi connectivity index (χ2v) is 5.28. The maximum Gasteiger partial charge on any atom is 0.0723 e. The summed E-state index contributed by atoms with van der Waals surface area (Å²) < 4.78 is 2.00. The molecule has 0 radical (unpaired) electrons. The quantitative estimate of drug-likeness (QED) is 0.891. The van der Waals surface area contributed by atoms with Crippen molar-refractivity contribution in [1.29, 1.82) is 0 Å². The van der Waals surface area contributed by atoms with Gasteiger partial charge in [0, 0.05) is 12.7 Å². The summed E-state index contributed by atoms with van der Waals surface area (Å²) >= 11 is 0. The predicted molar refractivity (Wildman–Crippen MR) is 79.1 cm³/mol. The lowest BCUT2D eigenvalue weighted by Gasteiger charge is -2.15. The van der Waals surface area contributed by atoms with Crippen LogP contribution < -0.4 is 5.73 Å². The molecule has 0 aliphatic heterocycles. The van der Waals surface area contributed by atoms with Crippen LogP contribution in [0.5, 0.6) is 0 Å². The van der Waals surface area contributed by atoms with Gasteiger partial charge in [-0.15, -0.1) is 0 Å². The van der Waals surface area contributed by atoms with Crippen LogP contribution in [0.4, 0.5) is 0 Å². The Bertz CT molecular complexity index is 511. The van der Waals surface area contributed by atoms with E-state index in [4.69, 9.17) is 5.73 Å². The first-order valence-corrected chi connectivity index (χ1v) is 7.00. The molecule has 0 aliphatic carbocycles. The van der Waals surface area contributed by atoms with Gasteiger partial charge in [-0.1, -0.05) is 45.0 Å². The highest BCUT2D eigenvalue weighted by Gasteiger charge is 2.13. The lowest BCUT2D eigenvalue weighted by Crippen LogP contribution is -2.17. The van der Waals surface area contributed by atoms with Crippen molar-refractivity contribution in [3.8, 4) is 0 Å². The third-order valence-corrected chi connectivity index (χ3v) is 3.47. The monoisotopic (exact) mass is 257 g/mol. The molecule has 0 saturated carbocycles. The molecular formula is C16H23N3. The van der Waals surface area contributed by atoms with Crippen molar-refractivity contribution in [2.45, 2.75) is 45.7 Å². The fourth-order valence-electron chi connectivity index (χ4n) is 2.26. The second kappa shape index (κ2) is 6.02. The van der Waals surface area contributed by atoms with Crippen molar-refractivity contribution in [3.05, 3.63) is 53.3 Å². The van der Waals surface area contributed by atoms with Gasteiger partial charge in [0.25, 0.3) is 0 Å². The average Bonchev–Trinajstić information content (AvgIpc) is 2.87. The lowest BCUT2D eigenvalue weighted by molar-refractivity contribution is 0.559. The average molecular weight is 257 g/mol. The number of rotatable bonds is 5. The summed E-state index contributed by atoms with van der Waals surface area (Å²) in [7, 11) is 0. The molecule has 0 fully saturated rings. The molecular weight excluding hydrogens is 234 g/mol. The molecule has 3 heteroatoms. The van der Waals surface area contributed by atoms with Gasteiger partial charge in [0.1, 0.15) is 0 Å². The number of nitrogens with zero attached hydrogens (tertiary/aromatic N) is 2. The van der Waals surface area contributed by atoms with Crippen LogP contribution in [0.1, 0.15) is 56.0 Å². The molecule has 0 spiro atoms. The largest absolute Gasteiger partial charge is 0.319 e. The number of benzene rings is 1. The van der Waals surface area contributed by atoms with E-state index in [0.717, 1.165) is 24.2 Å². The Morgan fingerprint density at radius 3 is 2.32 bits per heavy atom. The molecule has 0 saturated heterocycles. The van der Waals surface area contributed by atoms with Crippen molar-refractivity contribution < 1.29 is 0 Å². The molecule has 1 aromatic carbocycles. The van der Waals surface area contributed by atoms with Gasteiger partial charge in [0.15, 0.2) is 0 Å². The van der Waals surface area contributed by atoms with Gasteiger partial charge in [-0.3, -0.25) is 4.68 Å². The molecule has 0 amide bonds. The third kappa shape index (κ3) is 3.04. The summed E-state index contributed by atoms with van der Waals surface area (Å²) in [5.74, 6) is 0.552. The molecule has 19 heavy (non-hydrogen) atoms. The van der Waals surface area contributed by atoms with E-state index < -0.39 is 0 Å². The maximum atomic E-state index is 6.36. The van der Waals surface area contributed by atoms with E-state index in [0.29, 0.717) is 5.92 Å². The SMILES string of the molecule is CCCn1nccc1C(N)c1ccc(C(C)C)cc1. The van der Waals surface area contributed by atoms with Crippen LogP contribution in [-0.4, -0.2) is 9.78 Å². The molecule has 0 aliphatic rings. The van der Waals surface area contributed by atoms with Crippen LogP contribution in [0.3, 0.4) is 0 Å². The summed E-state index contributed by atoms with van der Waals surface area (Å²) in [4.78, 5) is 0. The number of hydrogen-bond acceptors (Lipinski definition) is 2. The summed E-state index contributed by atoms with van der Waals surface area (Å²) in [6.07, 6.45) is 2.89. The van der Waals surface area contributed by atoms with E-state index >= 15 is 0 Å². The van der Waals surface area contributed by atoms with E-state index in [1.807, 2.05) is 16.9 Å². The minimum Gasteiger partial charge on any atom is -0.319 e. The normalized spacial score (nSPS) is 12.9.